The third kappa shape index (κ3) is 5.52. The number of ether oxygens (including phenoxy) is 3. The van der Waals surface area contributed by atoms with E-state index < -0.39 is 12.0 Å². The first-order valence-electron chi connectivity index (χ1n) is 12.4. The van der Waals surface area contributed by atoms with E-state index in [9.17, 15) is 4.79 Å². The van der Waals surface area contributed by atoms with E-state index in [0.29, 0.717) is 43.2 Å². The molecule has 2 saturated heterocycles. The third-order valence-electron chi connectivity index (χ3n) is 6.63. The lowest BCUT2D eigenvalue weighted by atomic mass is 10.1. The standard InChI is InChI=1S/C25H34N8O4/c1-15-5-7-16(8-6-15)11-28-24(34)27-9-10-32(4)12-17-19-20(37-25(2,3)36-19)23(35-17)33-14-31-18-21(26)29-13-30-22(18)33/h5-8,13-14,17,19-20,23H,9-12H2,1-4H3,(H2,26,29,30)(H2,27,28,34). The zero-order valence-corrected chi connectivity index (χ0v) is 21.5. The molecule has 2 amide bonds. The van der Waals surface area contributed by atoms with Crippen LogP contribution >= 0.6 is 0 Å². The lowest BCUT2D eigenvalue weighted by molar-refractivity contribution is -0.197. The summed E-state index contributed by atoms with van der Waals surface area (Å²) < 4.78 is 20.7. The number of nitrogens with two attached hydrogens (primary N) is 1. The van der Waals surface area contributed by atoms with Crippen LogP contribution in [0.2, 0.25) is 0 Å². The van der Waals surface area contributed by atoms with Crippen LogP contribution in [0.25, 0.3) is 11.2 Å². The SMILES string of the molecule is Cc1ccc(CNC(=O)NCCN(C)CC2OC(n3cnc4c(N)ncnc43)C3OC(C)(C)OC23)cc1. The highest BCUT2D eigenvalue weighted by molar-refractivity contribution is 5.81. The molecule has 12 heteroatoms. The number of carbonyl (C=O) groups excluding carboxylic acids is 1. The summed E-state index contributed by atoms with van der Waals surface area (Å²) in [5.74, 6) is -0.427. The van der Waals surface area contributed by atoms with Gasteiger partial charge >= 0.3 is 6.03 Å². The van der Waals surface area contributed by atoms with E-state index in [1.54, 1.807) is 6.33 Å². The fourth-order valence-corrected chi connectivity index (χ4v) is 4.80. The quantitative estimate of drug-likeness (QED) is 0.412. The summed E-state index contributed by atoms with van der Waals surface area (Å²) >= 11 is 0. The molecule has 1 aromatic carbocycles. The molecule has 3 aromatic rings. The number of urea groups is 1. The van der Waals surface area contributed by atoms with Crippen LogP contribution in [-0.4, -0.2) is 81.2 Å². The molecular formula is C25H34N8O4. The molecule has 0 saturated carbocycles. The molecule has 0 aliphatic carbocycles. The summed E-state index contributed by atoms with van der Waals surface area (Å²) in [6.45, 7) is 8.04. The number of hydrogen-bond donors (Lipinski definition) is 3. The number of amides is 2. The van der Waals surface area contributed by atoms with Gasteiger partial charge in [-0.3, -0.25) is 4.57 Å². The Balaban J connectivity index is 1.16. The largest absolute Gasteiger partial charge is 0.382 e. The number of carbonyl (C=O) groups is 1. The predicted molar refractivity (Wildman–Crippen MR) is 136 cm³/mol. The Kier molecular flexibility index (Phi) is 6.99. The van der Waals surface area contributed by atoms with Gasteiger partial charge in [0.15, 0.2) is 23.5 Å². The summed E-state index contributed by atoms with van der Waals surface area (Å²) in [6, 6.07) is 7.88. The normalized spacial score (nSPS) is 24.5. The number of imidazole rings is 1. The lowest BCUT2D eigenvalue weighted by Crippen LogP contribution is -2.43. The molecule has 4 unspecified atom stereocenters. The van der Waals surface area contributed by atoms with Gasteiger partial charge in [0.2, 0.25) is 0 Å². The minimum Gasteiger partial charge on any atom is -0.382 e. The van der Waals surface area contributed by atoms with E-state index in [2.05, 4.69) is 30.5 Å². The van der Waals surface area contributed by atoms with Gasteiger partial charge in [-0.15, -0.1) is 0 Å². The molecule has 2 aliphatic heterocycles. The molecule has 0 bridgehead atoms. The fourth-order valence-electron chi connectivity index (χ4n) is 4.80. The highest BCUT2D eigenvalue weighted by Gasteiger charge is 2.56. The molecule has 4 heterocycles. The van der Waals surface area contributed by atoms with Gasteiger partial charge in [-0.25, -0.2) is 19.7 Å². The molecule has 37 heavy (non-hydrogen) atoms. The first-order valence-corrected chi connectivity index (χ1v) is 12.4. The molecule has 2 aliphatic rings. The Labute approximate surface area is 215 Å². The summed E-state index contributed by atoms with van der Waals surface area (Å²) in [4.78, 5) is 27.1. The van der Waals surface area contributed by atoms with Gasteiger partial charge in [0.1, 0.15) is 30.2 Å². The fraction of sp³-hybridized carbons (Fsp3) is 0.520. The van der Waals surface area contributed by atoms with Gasteiger partial charge in [0, 0.05) is 26.2 Å². The Morgan fingerprint density at radius 1 is 1.14 bits per heavy atom. The number of likely N-dealkylation sites (N-methyl/N-ethyl adjacent to an activating group) is 1. The number of hydrogen-bond acceptors (Lipinski definition) is 9. The van der Waals surface area contributed by atoms with Crippen LogP contribution < -0.4 is 16.4 Å². The van der Waals surface area contributed by atoms with Crippen molar-refractivity contribution in [3.8, 4) is 0 Å². The van der Waals surface area contributed by atoms with E-state index in [4.69, 9.17) is 19.9 Å². The molecule has 5 rings (SSSR count). The maximum atomic E-state index is 12.2. The Hall–Kier alpha value is -3.32. The second kappa shape index (κ2) is 10.2. The minimum absolute atomic E-state index is 0.200. The number of aryl methyl sites for hydroxylation is 1. The van der Waals surface area contributed by atoms with Crippen molar-refractivity contribution >= 4 is 23.0 Å². The molecule has 2 aromatic heterocycles. The van der Waals surface area contributed by atoms with E-state index in [-0.39, 0.29) is 24.3 Å². The van der Waals surface area contributed by atoms with Crippen LogP contribution in [0.15, 0.2) is 36.9 Å². The van der Waals surface area contributed by atoms with Crippen LogP contribution in [0, 0.1) is 6.92 Å². The average molecular weight is 511 g/mol. The van der Waals surface area contributed by atoms with Crippen molar-refractivity contribution in [2.24, 2.45) is 0 Å². The first kappa shape index (κ1) is 25.3. The van der Waals surface area contributed by atoms with Crippen LogP contribution in [-0.2, 0) is 20.8 Å². The lowest BCUT2D eigenvalue weighted by Gasteiger charge is -2.27. The monoisotopic (exact) mass is 510 g/mol. The first-order chi connectivity index (χ1) is 17.7. The molecule has 198 valence electrons. The second-order valence-corrected chi connectivity index (χ2v) is 10.1. The summed E-state index contributed by atoms with van der Waals surface area (Å²) in [5.41, 5.74) is 9.32. The van der Waals surface area contributed by atoms with Crippen molar-refractivity contribution in [2.45, 2.75) is 57.6 Å². The van der Waals surface area contributed by atoms with Crippen molar-refractivity contribution in [3.05, 3.63) is 48.0 Å². The maximum Gasteiger partial charge on any atom is 0.315 e. The molecule has 4 atom stereocenters. The summed E-state index contributed by atoms with van der Waals surface area (Å²) in [5, 5.41) is 5.80. The Bertz CT molecular complexity index is 1250. The van der Waals surface area contributed by atoms with Gasteiger partial charge in [-0.05, 0) is 33.4 Å². The molecule has 12 nitrogen and oxygen atoms in total. The molecule has 0 spiro atoms. The van der Waals surface area contributed by atoms with Gasteiger partial charge in [0.05, 0.1) is 6.33 Å². The number of aromatic nitrogens is 4. The highest BCUT2D eigenvalue weighted by Crippen LogP contribution is 2.43. The van der Waals surface area contributed by atoms with E-state index >= 15 is 0 Å². The smallest absolute Gasteiger partial charge is 0.315 e. The van der Waals surface area contributed by atoms with Gasteiger partial charge in [0.25, 0.3) is 0 Å². The summed E-state index contributed by atoms with van der Waals surface area (Å²) in [7, 11) is 1.99. The van der Waals surface area contributed by atoms with Crippen molar-refractivity contribution < 1.29 is 19.0 Å². The van der Waals surface area contributed by atoms with Crippen molar-refractivity contribution in [2.75, 3.05) is 32.4 Å². The number of nitrogens with zero attached hydrogens (tertiary/aromatic N) is 5. The Morgan fingerprint density at radius 2 is 1.89 bits per heavy atom. The van der Waals surface area contributed by atoms with E-state index in [0.717, 1.165) is 5.56 Å². The number of rotatable bonds is 8. The minimum atomic E-state index is -0.740. The molecule has 4 N–H and O–H groups in total. The zero-order valence-electron chi connectivity index (χ0n) is 21.5. The zero-order chi connectivity index (χ0) is 26.2. The molecular weight excluding hydrogens is 476 g/mol. The number of anilines is 1. The second-order valence-electron chi connectivity index (χ2n) is 10.1. The molecule has 0 radical (unpaired) electrons. The Morgan fingerprint density at radius 3 is 2.68 bits per heavy atom. The van der Waals surface area contributed by atoms with Crippen LogP contribution in [0.1, 0.15) is 31.2 Å². The highest BCUT2D eigenvalue weighted by atomic mass is 16.8. The van der Waals surface area contributed by atoms with Gasteiger partial charge in [-0.1, -0.05) is 29.8 Å². The number of nitrogen functional groups attached to an aromatic ring is 1. The van der Waals surface area contributed by atoms with Crippen LogP contribution in [0.5, 0.6) is 0 Å². The molecule has 2 fully saturated rings. The average Bonchev–Trinajstić information content (AvgIpc) is 3.51. The number of benzene rings is 1. The topological polar surface area (TPSA) is 142 Å². The third-order valence-corrected chi connectivity index (χ3v) is 6.63. The van der Waals surface area contributed by atoms with Crippen LogP contribution in [0.4, 0.5) is 10.6 Å². The van der Waals surface area contributed by atoms with Crippen LogP contribution in [0.3, 0.4) is 0 Å². The van der Waals surface area contributed by atoms with Crippen molar-refractivity contribution in [3.63, 3.8) is 0 Å². The number of nitrogens with one attached hydrogen (secondary N) is 2. The van der Waals surface area contributed by atoms with E-state index in [1.165, 1.54) is 11.9 Å². The van der Waals surface area contributed by atoms with E-state index in [1.807, 2.05) is 56.7 Å². The number of fused-ring (bicyclic) bond motifs is 2. The van der Waals surface area contributed by atoms with Gasteiger partial charge < -0.3 is 35.5 Å². The predicted octanol–water partition coefficient (Wildman–Crippen LogP) is 1.57. The van der Waals surface area contributed by atoms with Crippen molar-refractivity contribution in [1.82, 2.24) is 35.1 Å². The van der Waals surface area contributed by atoms with Gasteiger partial charge in [-0.2, -0.15) is 0 Å². The summed E-state index contributed by atoms with van der Waals surface area (Å²) in [6.07, 6.45) is 1.71. The van der Waals surface area contributed by atoms with Crippen molar-refractivity contribution in [1.29, 1.82) is 0 Å². The maximum absolute atomic E-state index is 12.2.